The first-order valence-electron chi connectivity index (χ1n) is 9.09. The zero-order valence-electron chi connectivity index (χ0n) is 15.5. The molecule has 3 atom stereocenters. The number of carbonyl (C=O) groups excluding carboxylic acids is 3. The summed E-state index contributed by atoms with van der Waals surface area (Å²) in [4.78, 5) is 41.0. The molecule has 1 aromatic heterocycles. The van der Waals surface area contributed by atoms with E-state index < -0.39 is 42.5 Å². The van der Waals surface area contributed by atoms with Crippen molar-refractivity contribution in [2.45, 2.75) is 31.0 Å². The predicted octanol–water partition coefficient (Wildman–Crippen LogP) is -0.0762. The maximum absolute atomic E-state index is 12.9. The first-order valence-corrected chi connectivity index (χ1v) is 10.5. The number of aliphatic hydroxyl groups excluding tert-OH is 1. The lowest BCUT2D eigenvalue weighted by Crippen LogP contribution is -2.52. The van der Waals surface area contributed by atoms with E-state index >= 15 is 0 Å². The number of nitrogens with one attached hydrogen (secondary N) is 4. The molecule has 8 nitrogen and oxygen atoms in total. The summed E-state index contributed by atoms with van der Waals surface area (Å²) in [7, 11) is 0. The standard InChI is InChI=1S/C19H24N4O4S/c1-28-7-6-14-17(25)23-16(10-24)19(27)22-15(18(26)21-14)8-11-9-20-13-5-3-2-4-12(11)13/h2-5,9,14-16,20,24H,6-8,10H2,1H3,(H,21,26)(H,22,27)(H,23,25)/t14-,15-,16-/m0/s1. The number of hydrogen-bond acceptors (Lipinski definition) is 5. The van der Waals surface area contributed by atoms with Crippen LogP contribution in [0, 0.1) is 0 Å². The lowest BCUT2D eigenvalue weighted by Gasteiger charge is -2.20. The number of hydrogen-bond donors (Lipinski definition) is 5. The Labute approximate surface area is 166 Å². The molecule has 9 heteroatoms. The second-order valence-corrected chi connectivity index (χ2v) is 7.70. The van der Waals surface area contributed by atoms with Crippen LogP contribution in [0.25, 0.3) is 10.9 Å². The topological polar surface area (TPSA) is 123 Å². The molecule has 150 valence electrons. The van der Waals surface area contributed by atoms with Crippen LogP contribution in [0.2, 0.25) is 0 Å². The van der Waals surface area contributed by atoms with Gasteiger partial charge in [-0.1, -0.05) is 18.2 Å². The maximum atomic E-state index is 12.9. The van der Waals surface area contributed by atoms with Crippen LogP contribution in [-0.2, 0) is 20.8 Å². The summed E-state index contributed by atoms with van der Waals surface area (Å²) in [5.74, 6) is -0.791. The summed E-state index contributed by atoms with van der Waals surface area (Å²) in [6.45, 7) is -0.541. The van der Waals surface area contributed by atoms with E-state index in [2.05, 4.69) is 20.9 Å². The third kappa shape index (κ3) is 4.48. The molecule has 5 N–H and O–H groups in total. The Morgan fingerprint density at radius 1 is 0.964 bits per heavy atom. The Balaban J connectivity index is 1.86. The molecule has 1 saturated heterocycles. The minimum atomic E-state index is -1.09. The summed E-state index contributed by atoms with van der Waals surface area (Å²) >= 11 is 1.56. The SMILES string of the molecule is CSCC[C@@H]1NC(=O)[C@H](Cc2c[nH]c3ccccc23)NC(=O)[C@H](CO)NC1=O. The highest BCUT2D eigenvalue weighted by Crippen LogP contribution is 2.19. The summed E-state index contributed by atoms with van der Waals surface area (Å²) in [5.41, 5.74) is 1.83. The fourth-order valence-electron chi connectivity index (χ4n) is 3.25. The van der Waals surface area contributed by atoms with Crippen LogP contribution in [0.4, 0.5) is 0 Å². The van der Waals surface area contributed by atoms with E-state index in [1.54, 1.807) is 11.8 Å². The van der Waals surface area contributed by atoms with Gasteiger partial charge in [0, 0.05) is 23.5 Å². The van der Waals surface area contributed by atoms with E-state index in [1.807, 2.05) is 36.7 Å². The van der Waals surface area contributed by atoms with Gasteiger partial charge in [-0.25, -0.2) is 0 Å². The number of carbonyl (C=O) groups is 3. The number of aromatic amines is 1. The first kappa shape index (κ1) is 20.2. The molecule has 1 aliphatic heterocycles. The molecule has 2 heterocycles. The lowest BCUT2D eigenvalue weighted by molar-refractivity contribution is -0.130. The maximum Gasteiger partial charge on any atom is 0.245 e. The normalized spacial score (nSPS) is 23.4. The summed E-state index contributed by atoms with van der Waals surface area (Å²) in [6.07, 6.45) is 4.43. The van der Waals surface area contributed by atoms with E-state index in [0.29, 0.717) is 12.2 Å². The molecule has 0 bridgehead atoms. The van der Waals surface area contributed by atoms with Crippen LogP contribution in [-0.4, -0.2) is 64.6 Å². The molecule has 1 aromatic carbocycles. The average Bonchev–Trinajstić information content (AvgIpc) is 3.11. The number of amides is 3. The van der Waals surface area contributed by atoms with E-state index in [1.165, 1.54) is 0 Å². The monoisotopic (exact) mass is 404 g/mol. The number of benzene rings is 1. The zero-order valence-corrected chi connectivity index (χ0v) is 16.3. The third-order valence-electron chi connectivity index (χ3n) is 4.79. The number of H-pyrrole nitrogens is 1. The Morgan fingerprint density at radius 3 is 2.36 bits per heavy atom. The lowest BCUT2D eigenvalue weighted by atomic mass is 10.0. The number of thioether (sulfide) groups is 1. The number of aliphatic hydroxyl groups is 1. The van der Waals surface area contributed by atoms with Crippen LogP contribution in [0.1, 0.15) is 12.0 Å². The van der Waals surface area contributed by atoms with Crippen molar-refractivity contribution in [3.05, 3.63) is 36.0 Å². The first-order chi connectivity index (χ1) is 13.5. The van der Waals surface area contributed by atoms with Crippen molar-refractivity contribution in [3.63, 3.8) is 0 Å². The van der Waals surface area contributed by atoms with Crippen molar-refractivity contribution < 1.29 is 19.5 Å². The Bertz CT molecular complexity index is 868. The predicted molar refractivity (Wildman–Crippen MR) is 108 cm³/mol. The largest absolute Gasteiger partial charge is 0.394 e. The number of aromatic nitrogens is 1. The molecule has 3 rings (SSSR count). The molecule has 2 aromatic rings. The third-order valence-corrected chi connectivity index (χ3v) is 5.44. The summed E-state index contributed by atoms with van der Waals surface area (Å²) in [6, 6.07) is 4.99. The molecule has 1 aliphatic rings. The molecule has 0 saturated carbocycles. The smallest absolute Gasteiger partial charge is 0.245 e. The van der Waals surface area contributed by atoms with Crippen LogP contribution in [0.15, 0.2) is 30.5 Å². The average molecular weight is 404 g/mol. The molecule has 3 amide bonds. The Kier molecular flexibility index (Phi) is 6.58. The second kappa shape index (κ2) is 9.11. The highest BCUT2D eigenvalue weighted by molar-refractivity contribution is 7.98. The minimum Gasteiger partial charge on any atom is -0.394 e. The molecule has 0 unspecified atom stereocenters. The van der Waals surface area contributed by atoms with E-state index in [4.69, 9.17) is 0 Å². The van der Waals surface area contributed by atoms with E-state index in [9.17, 15) is 19.5 Å². The van der Waals surface area contributed by atoms with Crippen LogP contribution in [0.5, 0.6) is 0 Å². The van der Waals surface area contributed by atoms with Gasteiger partial charge in [0.2, 0.25) is 17.7 Å². The van der Waals surface area contributed by atoms with Crippen molar-refractivity contribution in [2.75, 3.05) is 18.6 Å². The zero-order chi connectivity index (χ0) is 20.1. The number of rotatable bonds is 6. The second-order valence-electron chi connectivity index (χ2n) is 6.71. The molecular formula is C19H24N4O4S. The van der Waals surface area contributed by atoms with Gasteiger partial charge >= 0.3 is 0 Å². The molecular weight excluding hydrogens is 380 g/mol. The highest BCUT2D eigenvalue weighted by atomic mass is 32.2. The Hall–Kier alpha value is -2.52. The fraction of sp³-hybridized carbons (Fsp3) is 0.421. The van der Waals surface area contributed by atoms with Gasteiger partial charge in [0.15, 0.2) is 0 Å². The van der Waals surface area contributed by atoms with Crippen LogP contribution in [0.3, 0.4) is 0 Å². The molecule has 0 radical (unpaired) electrons. The van der Waals surface area contributed by atoms with Gasteiger partial charge in [-0.15, -0.1) is 0 Å². The molecule has 0 aliphatic carbocycles. The van der Waals surface area contributed by atoms with E-state index in [0.717, 1.165) is 16.5 Å². The van der Waals surface area contributed by atoms with Crippen molar-refractivity contribution in [1.29, 1.82) is 0 Å². The fourth-order valence-corrected chi connectivity index (χ4v) is 3.72. The van der Waals surface area contributed by atoms with Crippen molar-refractivity contribution in [3.8, 4) is 0 Å². The summed E-state index contributed by atoms with van der Waals surface area (Å²) < 4.78 is 0. The number of para-hydroxylation sites is 1. The van der Waals surface area contributed by atoms with Crippen molar-refractivity contribution in [1.82, 2.24) is 20.9 Å². The van der Waals surface area contributed by atoms with Gasteiger partial charge in [0.05, 0.1) is 6.61 Å². The van der Waals surface area contributed by atoms with Crippen molar-refractivity contribution in [2.24, 2.45) is 0 Å². The van der Waals surface area contributed by atoms with Gasteiger partial charge in [0.1, 0.15) is 18.1 Å². The van der Waals surface area contributed by atoms with Gasteiger partial charge in [0.25, 0.3) is 0 Å². The molecule has 0 spiro atoms. The van der Waals surface area contributed by atoms with Gasteiger partial charge < -0.3 is 26.0 Å². The highest BCUT2D eigenvalue weighted by Gasteiger charge is 2.33. The van der Waals surface area contributed by atoms with Crippen LogP contribution >= 0.6 is 11.8 Å². The van der Waals surface area contributed by atoms with Gasteiger partial charge in [-0.05, 0) is 30.1 Å². The quantitative estimate of drug-likeness (QED) is 0.461. The van der Waals surface area contributed by atoms with E-state index in [-0.39, 0.29) is 6.42 Å². The van der Waals surface area contributed by atoms with Gasteiger partial charge in [-0.2, -0.15) is 11.8 Å². The van der Waals surface area contributed by atoms with Crippen molar-refractivity contribution >= 4 is 40.4 Å². The minimum absolute atomic E-state index is 0.267. The van der Waals surface area contributed by atoms with Crippen LogP contribution < -0.4 is 16.0 Å². The molecule has 28 heavy (non-hydrogen) atoms. The Morgan fingerprint density at radius 2 is 1.61 bits per heavy atom. The summed E-state index contributed by atoms with van der Waals surface area (Å²) in [5, 5.41) is 18.4. The number of fused-ring (bicyclic) bond motifs is 1. The molecule has 1 fully saturated rings. The van der Waals surface area contributed by atoms with Gasteiger partial charge in [-0.3, -0.25) is 14.4 Å².